The summed E-state index contributed by atoms with van der Waals surface area (Å²) >= 11 is 0. The van der Waals surface area contributed by atoms with E-state index in [1.54, 1.807) is 24.3 Å². The highest BCUT2D eigenvalue weighted by molar-refractivity contribution is 6.31. The topological polar surface area (TPSA) is 113 Å². The van der Waals surface area contributed by atoms with Gasteiger partial charge in [0.2, 0.25) is 0 Å². The van der Waals surface area contributed by atoms with Crippen LogP contribution in [0.5, 0.6) is 23.0 Å². The predicted octanol–water partition coefficient (Wildman–Crippen LogP) is 7.11. The van der Waals surface area contributed by atoms with Gasteiger partial charge in [0.1, 0.15) is 0 Å². The molecule has 7 aromatic rings. The number of hydrogen-bond acceptors (Lipinski definition) is 4. The number of aromatic nitrogens is 2. The van der Waals surface area contributed by atoms with Crippen LogP contribution < -0.4 is 0 Å². The second-order valence-electron chi connectivity index (χ2n) is 9.00. The van der Waals surface area contributed by atoms with E-state index >= 15 is 0 Å². The van der Waals surface area contributed by atoms with Gasteiger partial charge in [0.05, 0.1) is 11.0 Å². The van der Waals surface area contributed by atoms with Crippen LogP contribution in [-0.2, 0) is 0 Å². The minimum absolute atomic E-state index is 0.182. The summed E-state index contributed by atoms with van der Waals surface area (Å²) in [4.78, 5) is 7.18. The van der Waals surface area contributed by atoms with Crippen LogP contribution in [0.2, 0.25) is 0 Å². The maximum atomic E-state index is 10.4. The number of rotatable bonds is 2. The number of nitrogens with one attached hydrogen (secondary N) is 2. The molecule has 0 atom stereocenters. The van der Waals surface area contributed by atoms with Crippen molar-refractivity contribution < 1.29 is 20.4 Å². The van der Waals surface area contributed by atoms with Crippen molar-refractivity contribution >= 4 is 43.6 Å². The summed E-state index contributed by atoms with van der Waals surface area (Å²) in [7, 11) is 0. The van der Waals surface area contributed by atoms with Gasteiger partial charge in [-0.15, -0.1) is 0 Å². The monoisotopic (exact) mass is 472 g/mol. The zero-order valence-corrected chi connectivity index (χ0v) is 18.9. The fourth-order valence-corrected chi connectivity index (χ4v) is 5.36. The normalized spacial score (nSPS) is 11.8. The van der Waals surface area contributed by atoms with E-state index in [1.807, 2.05) is 48.5 Å². The Balaban J connectivity index is 1.79. The number of phenolic OH excluding ortho intramolecular Hbond substituents is 4. The molecule has 0 saturated carbocycles. The molecular weight excluding hydrogens is 452 g/mol. The van der Waals surface area contributed by atoms with E-state index in [1.165, 1.54) is 12.1 Å². The average Bonchev–Trinajstić information content (AvgIpc) is 3.45. The van der Waals surface area contributed by atoms with Crippen molar-refractivity contribution in [3.8, 4) is 45.3 Å². The van der Waals surface area contributed by atoms with Crippen molar-refractivity contribution in [2.75, 3.05) is 0 Å². The molecule has 0 fully saturated rings. The van der Waals surface area contributed by atoms with Crippen LogP contribution in [0, 0.1) is 0 Å². The highest BCUT2D eigenvalue weighted by Gasteiger charge is 2.24. The standard InChI is InChI=1S/C30H20N2O4/c33-21-11-9-15(13-23(21)35)25-27-17-5-1-3-7-19(17)31-29(27)26(16-10-12-22(34)24(36)14-16)28-18-6-2-4-8-20(18)32-30(25)28/h1-14,31-36H. The van der Waals surface area contributed by atoms with E-state index in [-0.39, 0.29) is 23.0 Å². The van der Waals surface area contributed by atoms with Gasteiger partial charge in [-0.25, -0.2) is 0 Å². The van der Waals surface area contributed by atoms with E-state index in [2.05, 4.69) is 9.97 Å². The summed E-state index contributed by atoms with van der Waals surface area (Å²) in [5, 5.41) is 44.6. The third kappa shape index (κ3) is 2.72. The fraction of sp³-hybridized carbons (Fsp3) is 0. The van der Waals surface area contributed by atoms with Crippen LogP contribution in [0.25, 0.3) is 65.9 Å². The Morgan fingerprint density at radius 3 is 1.28 bits per heavy atom. The van der Waals surface area contributed by atoms with Crippen molar-refractivity contribution in [1.29, 1.82) is 0 Å². The first kappa shape index (κ1) is 20.3. The summed E-state index contributed by atoms with van der Waals surface area (Å²) in [6.07, 6.45) is 0. The Morgan fingerprint density at radius 2 is 0.861 bits per heavy atom. The Bertz CT molecular complexity index is 1850. The Labute approximate surface area is 204 Å². The molecule has 6 N–H and O–H groups in total. The quantitative estimate of drug-likeness (QED) is 0.151. The molecule has 0 aliphatic rings. The number of hydrogen-bond donors (Lipinski definition) is 6. The lowest BCUT2D eigenvalue weighted by molar-refractivity contribution is 0.404. The molecule has 0 saturated heterocycles. The lowest BCUT2D eigenvalue weighted by Crippen LogP contribution is -1.89. The van der Waals surface area contributed by atoms with Crippen molar-refractivity contribution in [3.63, 3.8) is 0 Å². The maximum absolute atomic E-state index is 10.4. The lowest BCUT2D eigenvalue weighted by Gasteiger charge is -2.14. The van der Waals surface area contributed by atoms with Crippen molar-refractivity contribution in [2.24, 2.45) is 0 Å². The van der Waals surface area contributed by atoms with E-state index < -0.39 is 0 Å². The number of fused-ring (bicyclic) bond motifs is 6. The van der Waals surface area contributed by atoms with Crippen LogP contribution in [0.3, 0.4) is 0 Å². The number of phenols is 4. The molecule has 0 radical (unpaired) electrons. The summed E-state index contributed by atoms with van der Waals surface area (Å²) in [6, 6.07) is 25.7. The number of benzene rings is 5. The average molecular weight is 473 g/mol. The molecule has 7 rings (SSSR count). The van der Waals surface area contributed by atoms with Crippen LogP contribution in [0.4, 0.5) is 0 Å². The predicted molar refractivity (Wildman–Crippen MR) is 143 cm³/mol. The molecule has 2 heterocycles. The molecule has 0 bridgehead atoms. The van der Waals surface area contributed by atoms with Gasteiger partial charge in [-0.1, -0.05) is 48.5 Å². The fourth-order valence-electron chi connectivity index (χ4n) is 5.36. The molecule has 2 aromatic heterocycles. The number of aromatic amines is 2. The van der Waals surface area contributed by atoms with Gasteiger partial charge in [0, 0.05) is 43.7 Å². The van der Waals surface area contributed by atoms with Gasteiger partial charge in [0.15, 0.2) is 23.0 Å². The van der Waals surface area contributed by atoms with Crippen molar-refractivity contribution in [1.82, 2.24) is 9.97 Å². The van der Waals surface area contributed by atoms with Gasteiger partial charge >= 0.3 is 0 Å². The van der Waals surface area contributed by atoms with Crippen LogP contribution in [0.15, 0.2) is 84.9 Å². The van der Waals surface area contributed by atoms with Gasteiger partial charge in [0.25, 0.3) is 0 Å². The van der Waals surface area contributed by atoms with Gasteiger partial charge < -0.3 is 30.4 Å². The smallest absolute Gasteiger partial charge is 0.158 e. The Morgan fingerprint density at radius 1 is 0.444 bits per heavy atom. The van der Waals surface area contributed by atoms with Crippen molar-refractivity contribution in [3.05, 3.63) is 84.9 Å². The summed E-state index contributed by atoms with van der Waals surface area (Å²) in [5.41, 5.74) is 6.87. The lowest BCUT2D eigenvalue weighted by atomic mass is 9.90. The molecule has 6 heteroatoms. The van der Waals surface area contributed by atoms with Crippen molar-refractivity contribution in [2.45, 2.75) is 0 Å². The largest absolute Gasteiger partial charge is 0.504 e. The molecule has 174 valence electrons. The third-order valence-corrected chi connectivity index (χ3v) is 6.94. The molecule has 0 amide bonds. The molecule has 0 aliphatic heterocycles. The second kappa shape index (κ2) is 7.20. The zero-order chi connectivity index (χ0) is 24.6. The molecule has 36 heavy (non-hydrogen) atoms. The number of aromatic hydroxyl groups is 4. The second-order valence-corrected chi connectivity index (χ2v) is 9.00. The molecule has 0 aliphatic carbocycles. The van der Waals surface area contributed by atoms with E-state index in [0.29, 0.717) is 0 Å². The highest BCUT2D eigenvalue weighted by Crippen LogP contribution is 2.49. The summed E-state index contributed by atoms with van der Waals surface area (Å²) in [5.74, 6) is -0.759. The summed E-state index contributed by atoms with van der Waals surface area (Å²) in [6.45, 7) is 0. The third-order valence-electron chi connectivity index (χ3n) is 6.94. The van der Waals surface area contributed by atoms with Gasteiger partial charge in [-0.2, -0.15) is 0 Å². The number of H-pyrrole nitrogens is 2. The Kier molecular flexibility index (Phi) is 4.06. The Hall–Kier alpha value is -5.10. The zero-order valence-electron chi connectivity index (χ0n) is 18.9. The molecular formula is C30H20N2O4. The van der Waals surface area contributed by atoms with Crippen LogP contribution in [-0.4, -0.2) is 30.4 Å². The van der Waals surface area contributed by atoms with Crippen LogP contribution >= 0.6 is 0 Å². The molecule has 5 aromatic carbocycles. The van der Waals surface area contributed by atoms with E-state index in [0.717, 1.165) is 65.9 Å². The first-order valence-electron chi connectivity index (χ1n) is 11.5. The molecule has 0 unspecified atom stereocenters. The highest BCUT2D eigenvalue weighted by atomic mass is 16.3. The van der Waals surface area contributed by atoms with Crippen LogP contribution in [0.1, 0.15) is 0 Å². The SMILES string of the molecule is Oc1ccc(-c2c3[nH]c4ccccc4c3c(-c3ccc(O)c(O)c3)c3[nH]c4ccccc4c23)cc1O. The minimum Gasteiger partial charge on any atom is -0.504 e. The van der Waals surface area contributed by atoms with Gasteiger partial charge in [-0.05, 0) is 47.5 Å². The molecule has 0 spiro atoms. The number of para-hydroxylation sites is 2. The summed E-state index contributed by atoms with van der Waals surface area (Å²) < 4.78 is 0. The van der Waals surface area contributed by atoms with E-state index in [9.17, 15) is 20.4 Å². The maximum Gasteiger partial charge on any atom is 0.158 e. The molecule has 6 nitrogen and oxygen atoms in total. The van der Waals surface area contributed by atoms with Gasteiger partial charge in [-0.3, -0.25) is 0 Å². The first-order valence-corrected chi connectivity index (χ1v) is 11.5. The van der Waals surface area contributed by atoms with E-state index in [4.69, 9.17) is 0 Å². The first-order chi connectivity index (χ1) is 17.5. The minimum atomic E-state index is -0.197.